The normalized spacial score (nSPS) is 12.2. The number of nitrogens with one attached hydrogen (secondary N) is 1. The number of carbonyl (C=O) groups excluding carboxylic acids is 2. The Bertz CT molecular complexity index is 1360. The number of ether oxygens (including phenoxy) is 1. The number of hydrogen-bond acceptors (Lipinski definition) is 3. The highest BCUT2D eigenvalue weighted by Crippen LogP contribution is 2.31. The molecule has 0 radical (unpaired) electrons. The quantitative estimate of drug-likeness (QED) is 0.436. The fourth-order valence-corrected chi connectivity index (χ4v) is 4.31. The van der Waals surface area contributed by atoms with Gasteiger partial charge in [-0.1, -0.05) is 54.6 Å². The van der Waals surface area contributed by atoms with Crippen LogP contribution in [0.4, 0.5) is 11.4 Å². The molecule has 0 saturated carbocycles. The summed E-state index contributed by atoms with van der Waals surface area (Å²) in [5, 5.41) is 2.86. The van der Waals surface area contributed by atoms with Crippen molar-refractivity contribution in [2.75, 3.05) is 17.3 Å². The Morgan fingerprint density at radius 1 is 0.735 bits per heavy atom. The maximum Gasteiger partial charge on any atom is 0.258 e. The SMILES string of the molecule is COc1ccccc1NC(=O)c1ccc(C(=O)N2Cc3ccccc3Cc3ccccc32)cc1. The monoisotopic (exact) mass is 448 g/mol. The van der Waals surface area contributed by atoms with Gasteiger partial charge in [0.1, 0.15) is 5.75 Å². The molecule has 1 heterocycles. The predicted octanol–water partition coefficient (Wildman–Crippen LogP) is 5.70. The zero-order chi connectivity index (χ0) is 23.5. The molecule has 2 amide bonds. The Kier molecular flexibility index (Phi) is 5.83. The second-order valence-electron chi connectivity index (χ2n) is 8.20. The molecule has 0 unspecified atom stereocenters. The summed E-state index contributed by atoms with van der Waals surface area (Å²) in [5.74, 6) is 0.223. The molecular weight excluding hydrogens is 424 g/mol. The van der Waals surface area contributed by atoms with E-state index in [1.165, 1.54) is 5.56 Å². The summed E-state index contributed by atoms with van der Waals surface area (Å²) >= 11 is 0. The average molecular weight is 449 g/mol. The first kappa shape index (κ1) is 21.5. The Hall–Kier alpha value is -4.38. The molecule has 0 aromatic heterocycles. The molecule has 5 heteroatoms. The summed E-state index contributed by atoms with van der Waals surface area (Å²) in [7, 11) is 1.56. The molecule has 0 spiro atoms. The van der Waals surface area contributed by atoms with Gasteiger partial charge in [-0.25, -0.2) is 0 Å². The Morgan fingerprint density at radius 2 is 1.35 bits per heavy atom. The molecule has 34 heavy (non-hydrogen) atoms. The Labute approximate surface area is 198 Å². The van der Waals surface area contributed by atoms with Crippen LogP contribution >= 0.6 is 0 Å². The summed E-state index contributed by atoms with van der Waals surface area (Å²) in [6.45, 7) is 0.502. The van der Waals surface area contributed by atoms with E-state index in [0.29, 0.717) is 29.1 Å². The lowest BCUT2D eigenvalue weighted by Crippen LogP contribution is -2.30. The molecule has 0 fully saturated rings. The van der Waals surface area contributed by atoms with Gasteiger partial charge in [-0.3, -0.25) is 9.59 Å². The number of benzene rings is 4. The van der Waals surface area contributed by atoms with Crippen LogP contribution in [0, 0.1) is 0 Å². The number of amides is 2. The van der Waals surface area contributed by atoms with Crippen LogP contribution in [0.1, 0.15) is 37.4 Å². The van der Waals surface area contributed by atoms with E-state index < -0.39 is 0 Å². The van der Waals surface area contributed by atoms with Gasteiger partial charge in [-0.15, -0.1) is 0 Å². The van der Waals surface area contributed by atoms with Gasteiger partial charge in [-0.05, 0) is 65.6 Å². The maximum atomic E-state index is 13.6. The zero-order valence-corrected chi connectivity index (χ0v) is 18.8. The Balaban J connectivity index is 1.40. The van der Waals surface area contributed by atoms with Gasteiger partial charge in [0.25, 0.3) is 11.8 Å². The largest absolute Gasteiger partial charge is 0.495 e. The fourth-order valence-electron chi connectivity index (χ4n) is 4.31. The molecule has 0 saturated heterocycles. The van der Waals surface area contributed by atoms with Crippen molar-refractivity contribution in [2.45, 2.75) is 13.0 Å². The first-order chi connectivity index (χ1) is 16.6. The van der Waals surface area contributed by atoms with E-state index in [1.807, 2.05) is 47.4 Å². The van der Waals surface area contributed by atoms with Gasteiger partial charge in [0.2, 0.25) is 0 Å². The minimum absolute atomic E-state index is 0.0964. The van der Waals surface area contributed by atoms with E-state index in [9.17, 15) is 9.59 Å². The molecule has 1 aliphatic rings. The number of carbonyl (C=O) groups is 2. The lowest BCUT2D eigenvalue weighted by Gasteiger charge is -2.23. The highest BCUT2D eigenvalue weighted by molar-refractivity contribution is 6.08. The van der Waals surface area contributed by atoms with Gasteiger partial charge in [0, 0.05) is 16.8 Å². The molecule has 0 aliphatic carbocycles. The smallest absolute Gasteiger partial charge is 0.258 e. The number of hydrogen-bond donors (Lipinski definition) is 1. The number of nitrogens with zero attached hydrogens (tertiary/aromatic N) is 1. The molecule has 168 valence electrons. The van der Waals surface area contributed by atoms with Crippen molar-refractivity contribution in [3.8, 4) is 5.75 Å². The van der Waals surface area contributed by atoms with Crippen molar-refractivity contribution in [3.63, 3.8) is 0 Å². The molecule has 5 nitrogen and oxygen atoms in total. The van der Waals surface area contributed by atoms with Crippen molar-refractivity contribution in [2.24, 2.45) is 0 Å². The summed E-state index contributed by atoms with van der Waals surface area (Å²) in [6, 6.07) is 30.3. The lowest BCUT2D eigenvalue weighted by molar-refractivity contribution is 0.0982. The number of para-hydroxylation sites is 3. The molecular formula is C29H24N2O3. The first-order valence-corrected chi connectivity index (χ1v) is 11.1. The van der Waals surface area contributed by atoms with Crippen LogP contribution in [0.2, 0.25) is 0 Å². The van der Waals surface area contributed by atoms with E-state index in [1.54, 1.807) is 43.5 Å². The molecule has 4 aromatic carbocycles. The predicted molar refractivity (Wildman–Crippen MR) is 134 cm³/mol. The molecule has 1 aliphatic heterocycles. The second-order valence-corrected chi connectivity index (χ2v) is 8.20. The minimum atomic E-state index is -0.266. The highest BCUT2D eigenvalue weighted by Gasteiger charge is 2.25. The maximum absolute atomic E-state index is 13.6. The molecule has 0 bridgehead atoms. The van der Waals surface area contributed by atoms with Crippen LogP contribution < -0.4 is 15.0 Å². The van der Waals surface area contributed by atoms with E-state index in [0.717, 1.165) is 23.2 Å². The van der Waals surface area contributed by atoms with E-state index in [2.05, 4.69) is 23.5 Å². The van der Waals surface area contributed by atoms with Crippen LogP contribution in [0.3, 0.4) is 0 Å². The van der Waals surface area contributed by atoms with E-state index in [-0.39, 0.29) is 11.8 Å². The van der Waals surface area contributed by atoms with Crippen LogP contribution in [0.5, 0.6) is 5.75 Å². The van der Waals surface area contributed by atoms with Gasteiger partial charge >= 0.3 is 0 Å². The number of anilines is 2. The number of methoxy groups -OCH3 is 1. The van der Waals surface area contributed by atoms with Crippen LogP contribution in [0.25, 0.3) is 0 Å². The molecule has 1 N–H and O–H groups in total. The van der Waals surface area contributed by atoms with Crippen LogP contribution in [-0.2, 0) is 13.0 Å². The van der Waals surface area contributed by atoms with Crippen molar-refractivity contribution in [1.82, 2.24) is 0 Å². The van der Waals surface area contributed by atoms with Crippen LogP contribution in [-0.4, -0.2) is 18.9 Å². The second kappa shape index (κ2) is 9.24. The summed E-state index contributed by atoms with van der Waals surface area (Å²) < 4.78 is 5.30. The number of rotatable bonds is 4. The molecule has 4 aromatic rings. The van der Waals surface area contributed by atoms with Gasteiger partial charge < -0.3 is 15.0 Å². The fraction of sp³-hybridized carbons (Fsp3) is 0.103. The van der Waals surface area contributed by atoms with E-state index >= 15 is 0 Å². The molecule has 0 atom stereocenters. The van der Waals surface area contributed by atoms with Gasteiger partial charge in [0.15, 0.2) is 0 Å². The zero-order valence-electron chi connectivity index (χ0n) is 18.8. The van der Waals surface area contributed by atoms with Crippen LogP contribution in [0.15, 0.2) is 97.1 Å². The summed E-state index contributed by atoms with van der Waals surface area (Å²) in [5.41, 5.74) is 5.99. The third kappa shape index (κ3) is 4.16. The first-order valence-electron chi connectivity index (χ1n) is 11.1. The average Bonchev–Trinajstić information content (AvgIpc) is 3.05. The third-order valence-corrected chi connectivity index (χ3v) is 6.10. The van der Waals surface area contributed by atoms with Crippen molar-refractivity contribution in [1.29, 1.82) is 0 Å². The van der Waals surface area contributed by atoms with E-state index in [4.69, 9.17) is 4.74 Å². The summed E-state index contributed by atoms with van der Waals surface area (Å²) in [6.07, 6.45) is 0.790. The van der Waals surface area contributed by atoms with Crippen molar-refractivity contribution in [3.05, 3.63) is 125 Å². The third-order valence-electron chi connectivity index (χ3n) is 6.10. The van der Waals surface area contributed by atoms with Gasteiger partial charge in [0.05, 0.1) is 19.3 Å². The topological polar surface area (TPSA) is 58.6 Å². The number of fused-ring (bicyclic) bond motifs is 2. The highest BCUT2D eigenvalue weighted by atomic mass is 16.5. The Morgan fingerprint density at radius 3 is 2.12 bits per heavy atom. The standard InChI is InChI=1S/C29H24N2O3/c1-34-27-13-7-5-11-25(27)30-28(32)20-14-16-21(17-15-20)29(33)31-19-24-10-3-2-8-22(24)18-23-9-4-6-12-26(23)31/h2-17H,18-19H2,1H3,(H,30,32). The molecule has 5 rings (SSSR count). The van der Waals surface area contributed by atoms with Crippen molar-refractivity contribution >= 4 is 23.2 Å². The lowest BCUT2D eigenvalue weighted by atomic mass is 10.0. The van der Waals surface area contributed by atoms with Crippen molar-refractivity contribution < 1.29 is 14.3 Å². The summed E-state index contributed by atoms with van der Waals surface area (Å²) in [4.78, 5) is 28.2. The van der Waals surface area contributed by atoms with Gasteiger partial charge in [-0.2, -0.15) is 0 Å². The minimum Gasteiger partial charge on any atom is -0.495 e.